The number of nitrogens with one attached hydrogen (secondary N) is 2. The minimum atomic E-state index is 0.590. The van der Waals surface area contributed by atoms with E-state index in [0.717, 1.165) is 34.9 Å². The van der Waals surface area contributed by atoms with Crippen LogP contribution in [0.25, 0.3) is 0 Å². The molecule has 2 aromatic heterocycles. The van der Waals surface area contributed by atoms with Crippen LogP contribution in [-0.2, 0) is 13.0 Å². The second-order valence-corrected chi connectivity index (χ2v) is 5.85. The monoisotopic (exact) mass is 365 g/mol. The van der Waals surface area contributed by atoms with E-state index in [1.54, 1.807) is 26.6 Å². The predicted octanol–water partition coefficient (Wildman–Crippen LogP) is 3.16. The van der Waals surface area contributed by atoms with Crippen LogP contribution in [0.15, 0.2) is 55.0 Å². The molecule has 3 aromatic rings. The Kier molecular flexibility index (Phi) is 6.40. The maximum absolute atomic E-state index is 5.34. The number of ether oxygens (including phenoxy) is 2. The van der Waals surface area contributed by atoms with Gasteiger partial charge in [-0.3, -0.25) is 4.98 Å². The number of pyridine rings is 1. The van der Waals surface area contributed by atoms with E-state index < -0.39 is 0 Å². The minimum absolute atomic E-state index is 0.590. The number of nitrogens with zero attached hydrogens (tertiary/aromatic N) is 3. The van der Waals surface area contributed by atoms with E-state index in [2.05, 4.69) is 25.6 Å². The minimum Gasteiger partial charge on any atom is -0.493 e. The van der Waals surface area contributed by atoms with Crippen LogP contribution in [0, 0.1) is 0 Å². The summed E-state index contributed by atoms with van der Waals surface area (Å²) >= 11 is 0. The van der Waals surface area contributed by atoms with Crippen molar-refractivity contribution < 1.29 is 9.47 Å². The fraction of sp³-hybridized carbons (Fsp3) is 0.250. The van der Waals surface area contributed by atoms with E-state index in [9.17, 15) is 0 Å². The molecule has 27 heavy (non-hydrogen) atoms. The van der Waals surface area contributed by atoms with Crippen LogP contribution >= 0.6 is 0 Å². The van der Waals surface area contributed by atoms with E-state index in [0.29, 0.717) is 19.0 Å². The van der Waals surface area contributed by atoms with Crippen molar-refractivity contribution in [2.75, 3.05) is 31.4 Å². The Bertz CT molecular complexity index is 858. The van der Waals surface area contributed by atoms with Gasteiger partial charge >= 0.3 is 0 Å². The molecule has 0 atom stereocenters. The van der Waals surface area contributed by atoms with Gasteiger partial charge in [-0.15, -0.1) is 0 Å². The largest absolute Gasteiger partial charge is 0.493 e. The average molecular weight is 365 g/mol. The molecule has 3 rings (SSSR count). The van der Waals surface area contributed by atoms with Crippen molar-refractivity contribution in [3.63, 3.8) is 0 Å². The highest BCUT2D eigenvalue weighted by molar-refractivity contribution is 5.43. The molecule has 0 saturated carbocycles. The van der Waals surface area contributed by atoms with Crippen LogP contribution in [0.3, 0.4) is 0 Å². The van der Waals surface area contributed by atoms with Crippen molar-refractivity contribution >= 4 is 11.8 Å². The van der Waals surface area contributed by atoms with Gasteiger partial charge in [0.1, 0.15) is 5.82 Å². The molecular weight excluding hydrogens is 342 g/mol. The van der Waals surface area contributed by atoms with Gasteiger partial charge in [0.15, 0.2) is 11.5 Å². The van der Waals surface area contributed by atoms with Gasteiger partial charge in [0.25, 0.3) is 0 Å². The van der Waals surface area contributed by atoms with Crippen LogP contribution in [0.5, 0.6) is 11.5 Å². The summed E-state index contributed by atoms with van der Waals surface area (Å²) in [6, 6.07) is 11.7. The lowest BCUT2D eigenvalue weighted by Crippen LogP contribution is -2.09. The van der Waals surface area contributed by atoms with Crippen LogP contribution in [-0.4, -0.2) is 35.7 Å². The van der Waals surface area contributed by atoms with Gasteiger partial charge < -0.3 is 20.1 Å². The van der Waals surface area contributed by atoms with Gasteiger partial charge in [-0.25, -0.2) is 4.98 Å². The van der Waals surface area contributed by atoms with Gasteiger partial charge in [-0.1, -0.05) is 12.1 Å². The third kappa shape index (κ3) is 5.31. The molecule has 0 aliphatic heterocycles. The fourth-order valence-electron chi connectivity index (χ4n) is 2.59. The number of anilines is 2. The number of benzene rings is 1. The van der Waals surface area contributed by atoms with Crippen molar-refractivity contribution in [1.82, 2.24) is 15.0 Å². The molecule has 0 spiro atoms. The fourth-order valence-corrected chi connectivity index (χ4v) is 2.59. The molecule has 7 nitrogen and oxygen atoms in total. The van der Waals surface area contributed by atoms with E-state index in [-0.39, 0.29) is 0 Å². The molecule has 140 valence electrons. The van der Waals surface area contributed by atoms with E-state index in [1.807, 2.05) is 42.6 Å². The topological polar surface area (TPSA) is 81.2 Å². The summed E-state index contributed by atoms with van der Waals surface area (Å²) in [6.07, 6.45) is 6.14. The zero-order valence-corrected chi connectivity index (χ0v) is 15.5. The van der Waals surface area contributed by atoms with E-state index >= 15 is 0 Å². The maximum Gasteiger partial charge on any atom is 0.224 e. The Hall–Kier alpha value is -3.35. The summed E-state index contributed by atoms with van der Waals surface area (Å²) in [4.78, 5) is 12.9. The highest BCUT2D eigenvalue weighted by Gasteiger charge is 2.05. The van der Waals surface area contributed by atoms with E-state index in [4.69, 9.17) is 9.47 Å². The van der Waals surface area contributed by atoms with Gasteiger partial charge in [-0.05, 0) is 41.8 Å². The molecule has 0 unspecified atom stereocenters. The first-order valence-electron chi connectivity index (χ1n) is 8.69. The summed E-state index contributed by atoms with van der Waals surface area (Å²) in [7, 11) is 3.27. The summed E-state index contributed by atoms with van der Waals surface area (Å²) in [5.74, 6) is 2.81. The Morgan fingerprint density at radius 3 is 2.59 bits per heavy atom. The smallest absolute Gasteiger partial charge is 0.224 e. The van der Waals surface area contributed by atoms with Crippen molar-refractivity contribution in [3.8, 4) is 11.5 Å². The van der Waals surface area contributed by atoms with Crippen LogP contribution in [0.1, 0.15) is 11.1 Å². The maximum atomic E-state index is 5.34. The van der Waals surface area contributed by atoms with Crippen molar-refractivity contribution in [3.05, 3.63) is 66.1 Å². The second kappa shape index (κ2) is 9.38. The Balaban J connectivity index is 1.52. The number of rotatable bonds is 9. The Morgan fingerprint density at radius 2 is 1.81 bits per heavy atom. The molecule has 0 radical (unpaired) electrons. The van der Waals surface area contributed by atoms with Crippen LogP contribution < -0.4 is 20.1 Å². The average Bonchev–Trinajstić information content (AvgIpc) is 2.73. The lowest BCUT2D eigenvalue weighted by Gasteiger charge is -2.10. The molecular formula is C20H23N5O2. The molecule has 0 saturated heterocycles. The number of aromatic nitrogens is 3. The standard InChI is InChI=1S/C20H23N5O2/c1-26-17-6-5-15(12-18(17)27-2)7-10-22-20-23-11-8-19(25-20)24-14-16-4-3-9-21-13-16/h3-6,8-9,11-13H,7,10,14H2,1-2H3,(H2,22,23,24,25). The molecule has 0 amide bonds. The third-order valence-corrected chi connectivity index (χ3v) is 4.00. The van der Waals surface area contributed by atoms with Crippen LogP contribution in [0.2, 0.25) is 0 Å². The van der Waals surface area contributed by atoms with Gasteiger partial charge in [0.2, 0.25) is 5.95 Å². The SMILES string of the molecule is COc1ccc(CCNc2nccc(NCc3cccnc3)n2)cc1OC. The van der Waals surface area contributed by atoms with Crippen LogP contribution in [0.4, 0.5) is 11.8 Å². The summed E-state index contributed by atoms with van der Waals surface area (Å²) in [5.41, 5.74) is 2.24. The number of hydrogen-bond acceptors (Lipinski definition) is 7. The zero-order valence-electron chi connectivity index (χ0n) is 15.5. The normalized spacial score (nSPS) is 10.3. The molecule has 7 heteroatoms. The molecule has 0 aliphatic carbocycles. The van der Waals surface area contributed by atoms with Crippen molar-refractivity contribution in [2.45, 2.75) is 13.0 Å². The second-order valence-electron chi connectivity index (χ2n) is 5.85. The lowest BCUT2D eigenvalue weighted by atomic mass is 10.1. The Morgan fingerprint density at radius 1 is 0.926 bits per heavy atom. The molecule has 0 fully saturated rings. The number of methoxy groups -OCH3 is 2. The zero-order chi connectivity index (χ0) is 18.9. The third-order valence-electron chi connectivity index (χ3n) is 4.00. The number of hydrogen-bond donors (Lipinski definition) is 2. The highest BCUT2D eigenvalue weighted by atomic mass is 16.5. The summed E-state index contributed by atoms with van der Waals surface area (Å²) in [6.45, 7) is 1.37. The quantitative estimate of drug-likeness (QED) is 0.603. The lowest BCUT2D eigenvalue weighted by molar-refractivity contribution is 0.354. The van der Waals surface area contributed by atoms with Crippen molar-refractivity contribution in [1.29, 1.82) is 0 Å². The first-order chi connectivity index (χ1) is 13.3. The first-order valence-corrected chi connectivity index (χ1v) is 8.69. The molecule has 2 heterocycles. The first kappa shape index (κ1) is 18.4. The molecule has 2 N–H and O–H groups in total. The highest BCUT2D eigenvalue weighted by Crippen LogP contribution is 2.27. The molecule has 0 bridgehead atoms. The Labute approximate surface area is 158 Å². The predicted molar refractivity (Wildman–Crippen MR) is 105 cm³/mol. The summed E-state index contributed by atoms with van der Waals surface area (Å²) < 4.78 is 10.6. The van der Waals surface area contributed by atoms with Crippen molar-refractivity contribution in [2.24, 2.45) is 0 Å². The van der Waals surface area contributed by atoms with Gasteiger partial charge in [-0.2, -0.15) is 4.98 Å². The summed E-state index contributed by atoms with van der Waals surface area (Å²) in [5, 5.41) is 6.53. The molecule has 0 aliphatic rings. The van der Waals surface area contributed by atoms with Gasteiger partial charge in [0.05, 0.1) is 14.2 Å². The van der Waals surface area contributed by atoms with Gasteiger partial charge in [0, 0.05) is 31.7 Å². The molecule has 1 aromatic carbocycles. The van der Waals surface area contributed by atoms with E-state index in [1.165, 1.54) is 0 Å².